The molecule has 0 spiro atoms. The standard InChI is InChI=1S/C13H13N5O2/c1-8-7-18-6-2-3-9(12(18)14-8)15-13(20)10-4-5-11(19)17-16-10/h2-3,6-7H,4-5H2,1H3,(H,15,20)(H,17,19). The number of nitrogens with one attached hydrogen (secondary N) is 2. The molecule has 3 rings (SSSR count). The number of hydrazone groups is 1. The van der Waals surface area contributed by atoms with Crippen molar-refractivity contribution in [1.82, 2.24) is 14.8 Å². The predicted octanol–water partition coefficient (Wildman–Crippen LogP) is 0.847. The molecule has 7 heteroatoms. The Hall–Kier alpha value is -2.70. The van der Waals surface area contributed by atoms with E-state index in [1.807, 2.05) is 29.8 Å². The molecule has 7 nitrogen and oxygen atoms in total. The summed E-state index contributed by atoms with van der Waals surface area (Å²) in [4.78, 5) is 27.5. The second-order valence-electron chi connectivity index (χ2n) is 4.58. The van der Waals surface area contributed by atoms with Gasteiger partial charge in [0.05, 0.1) is 11.4 Å². The van der Waals surface area contributed by atoms with Gasteiger partial charge in [-0.3, -0.25) is 9.59 Å². The molecule has 0 saturated heterocycles. The third-order valence-corrected chi connectivity index (χ3v) is 3.02. The molecule has 0 fully saturated rings. The molecule has 0 atom stereocenters. The van der Waals surface area contributed by atoms with E-state index in [2.05, 4.69) is 20.8 Å². The van der Waals surface area contributed by atoms with Crippen molar-refractivity contribution in [3.63, 3.8) is 0 Å². The summed E-state index contributed by atoms with van der Waals surface area (Å²) >= 11 is 0. The summed E-state index contributed by atoms with van der Waals surface area (Å²) in [6.07, 6.45) is 4.36. The molecule has 2 aromatic rings. The van der Waals surface area contributed by atoms with Gasteiger partial charge in [0, 0.05) is 25.2 Å². The lowest BCUT2D eigenvalue weighted by molar-refractivity contribution is -0.121. The monoisotopic (exact) mass is 271 g/mol. The van der Waals surface area contributed by atoms with Crippen LogP contribution < -0.4 is 10.7 Å². The summed E-state index contributed by atoms with van der Waals surface area (Å²) in [5.74, 6) is -0.494. The van der Waals surface area contributed by atoms with Gasteiger partial charge in [0.25, 0.3) is 5.91 Å². The molecule has 0 saturated carbocycles. The quantitative estimate of drug-likeness (QED) is 0.848. The topological polar surface area (TPSA) is 87.9 Å². The SMILES string of the molecule is Cc1cn2cccc(NC(=O)C3=NNC(=O)CC3)c2n1. The fourth-order valence-electron chi connectivity index (χ4n) is 2.07. The molecule has 1 aliphatic rings. The van der Waals surface area contributed by atoms with E-state index in [0.29, 0.717) is 23.5 Å². The van der Waals surface area contributed by atoms with Gasteiger partial charge in [0.15, 0.2) is 5.65 Å². The summed E-state index contributed by atoms with van der Waals surface area (Å²) < 4.78 is 1.84. The van der Waals surface area contributed by atoms with Crippen LogP contribution in [-0.4, -0.2) is 26.9 Å². The van der Waals surface area contributed by atoms with Gasteiger partial charge in [-0.15, -0.1) is 0 Å². The summed E-state index contributed by atoms with van der Waals surface area (Å²) in [7, 11) is 0. The van der Waals surface area contributed by atoms with E-state index in [9.17, 15) is 9.59 Å². The average Bonchev–Trinajstić information content (AvgIpc) is 2.81. The molecule has 1 aliphatic heterocycles. The van der Waals surface area contributed by atoms with Crippen molar-refractivity contribution in [3.05, 3.63) is 30.2 Å². The van der Waals surface area contributed by atoms with Crippen molar-refractivity contribution in [2.45, 2.75) is 19.8 Å². The zero-order valence-corrected chi connectivity index (χ0v) is 10.9. The second kappa shape index (κ2) is 4.76. The lowest BCUT2D eigenvalue weighted by atomic mass is 10.1. The van der Waals surface area contributed by atoms with Gasteiger partial charge in [0.1, 0.15) is 5.71 Å². The lowest BCUT2D eigenvalue weighted by Crippen LogP contribution is -2.32. The first-order chi connectivity index (χ1) is 9.63. The molecule has 2 amide bonds. The molecular formula is C13H13N5O2. The molecular weight excluding hydrogens is 258 g/mol. The highest BCUT2D eigenvalue weighted by atomic mass is 16.2. The van der Waals surface area contributed by atoms with Crippen LogP contribution in [0.2, 0.25) is 0 Å². The van der Waals surface area contributed by atoms with Gasteiger partial charge in [-0.2, -0.15) is 5.10 Å². The summed E-state index contributed by atoms with van der Waals surface area (Å²) in [6, 6.07) is 3.61. The van der Waals surface area contributed by atoms with Crippen LogP contribution in [0.3, 0.4) is 0 Å². The largest absolute Gasteiger partial charge is 0.318 e. The Kier molecular flexibility index (Phi) is 2.94. The van der Waals surface area contributed by atoms with Crippen LogP contribution in [0.4, 0.5) is 5.69 Å². The number of fused-ring (bicyclic) bond motifs is 1. The van der Waals surface area contributed by atoms with E-state index in [-0.39, 0.29) is 18.2 Å². The lowest BCUT2D eigenvalue weighted by Gasteiger charge is -2.12. The highest BCUT2D eigenvalue weighted by molar-refractivity contribution is 6.43. The molecule has 3 heterocycles. The number of amides is 2. The molecule has 0 aromatic carbocycles. The number of hydrogen-bond donors (Lipinski definition) is 2. The maximum atomic E-state index is 12.1. The van der Waals surface area contributed by atoms with Crippen molar-refractivity contribution in [3.8, 4) is 0 Å². The van der Waals surface area contributed by atoms with Crippen molar-refractivity contribution in [2.24, 2.45) is 5.10 Å². The Bertz CT molecular complexity index is 731. The second-order valence-corrected chi connectivity index (χ2v) is 4.58. The van der Waals surface area contributed by atoms with Crippen LogP contribution in [0.5, 0.6) is 0 Å². The molecule has 0 aliphatic carbocycles. The maximum absolute atomic E-state index is 12.1. The van der Waals surface area contributed by atoms with Crippen LogP contribution in [0.25, 0.3) is 5.65 Å². The van der Waals surface area contributed by atoms with Gasteiger partial charge in [0.2, 0.25) is 5.91 Å². The zero-order chi connectivity index (χ0) is 14.1. The Balaban J connectivity index is 1.86. The van der Waals surface area contributed by atoms with E-state index in [0.717, 1.165) is 5.69 Å². The fraction of sp³-hybridized carbons (Fsp3) is 0.231. The number of aromatic nitrogens is 2. The van der Waals surface area contributed by atoms with Gasteiger partial charge < -0.3 is 9.72 Å². The molecule has 2 N–H and O–H groups in total. The first-order valence-corrected chi connectivity index (χ1v) is 6.24. The number of carbonyl (C=O) groups is 2. The third-order valence-electron chi connectivity index (χ3n) is 3.02. The normalized spacial score (nSPS) is 14.8. The number of rotatable bonds is 2. The van der Waals surface area contributed by atoms with Gasteiger partial charge in [-0.05, 0) is 19.1 Å². The van der Waals surface area contributed by atoms with Crippen LogP contribution in [-0.2, 0) is 9.59 Å². The van der Waals surface area contributed by atoms with Crippen molar-refractivity contribution < 1.29 is 9.59 Å². The minimum absolute atomic E-state index is 0.174. The number of imidazole rings is 1. The predicted molar refractivity (Wildman–Crippen MR) is 73.4 cm³/mol. The van der Waals surface area contributed by atoms with E-state index >= 15 is 0 Å². The highest BCUT2D eigenvalue weighted by Crippen LogP contribution is 2.16. The van der Waals surface area contributed by atoms with Gasteiger partial charge >= 0.3 is 0 Å². The summed E-state index contributed by atoms with van der Waals surface area (Å²) in [5.41, 5.74) is 4.79. The Labute approximate surface area is 114 Å². The van der Waals surface area contributed by atoms with Crippen LogP contribution in [0.15, 0.2) is 29.6 Å². The number of nitrogens with zero attached hydrogens (tertiary/aromatic N) is 3. The molecule has 102 valence electrons. The van der Waals surface area contributed by atoms with Crippen molar-refractivity contribution in [1.29, 1.82) is 0 Å². The highest BCUT2D eigenvalue weighted by Gasteiger charge is 2.19. The third kappa shape index (κ3) is 2.25. The number of anilines is 1. The maximum Gasteiger partial charge on any atom is 0.271 e. The van der Waals surface area contributed by atoms with Gasteiger partial charge in [-0.1, -0.05) is 0 Å². The minimum atomic E-state index is -0.321. The first-order valence-electron chi connectivity index (χ1n) is 6.24. The van der Waals surface area contributed by atoms with Crippen LogP contribution in [0.1, 0.15) is 18.5 Å². The number of carbonyl (C=O) groups excluding carboxylic acids is 2. The molecule has 0 bridgehead atoms. The fourth-order valence-corrected chi connectivity index (χ4v) is 2.07. The zero-order valence-electron chi connectivity index (χ0n) is 10.9. The van der Waals surface area contributed by atoms with Crippen LogP contribution >= 0.6 is 0 Å². The Morgan fingerprint density at radius 2 is 2.30 bits per heavy atom. The van der Waals surface area contributed by atoms with E-state index in [4.69, 9.17) is 0 Å². The van der Waals surface area contributed by atoms with Crippen molar-refractivity contribution >= 4 is 28.9 Å². The van der Waals surface area contributed by atoms with Gasteiger partial charge in [-0.25, -0.2) is 10.4 Å². The summed E-state index contributed by atoms with van der Waals surface area (Å²) in [5, 5.41) is 6.55. The molecule has 0 unspecified atom stereocenters. The number of pyridine rings is 1. The van der Waals surface area contributed by atoms with E-state index in [1.54, 1.807) is 6.07 Å². The van der Waals surface area contributed by atoms with Crippen LogP contribution in [0, 0.1) is 6.92 Å². The first kappa shape index (κ1) is 12.3. The molecule has 2 aromatic heterocycles. The minimum Gasteiger partial charge on any atom is -0.318 e. The average molecular weight is 271 g/mol. The Morgan fingerprint density at radius 3 is 3.05 bits per heavy atom. The van der Waals surface area contributed by atoms with E-state index in [1.165, 1.54) is 0 Å². The molecule has 20 heavy (non-hydrogen) atoms. The van der Waals surface area contributed by atoms with Crippen molar-refractivity contribution in [2.75, 3.05) is 5.32 Å². The number of aryl methyl sites for hydroxylation is 1. The number of hydrogen-bond acceptors (Lipinski definition) is 4. The smallest absolute Gasteiger partial charge is 0.271 e. The Morgan fingerprint density at radius 1 is 1.45 bits per heavy atom. The van der Waals surface area contributed by atoms with E-state index < -0.39 is 0 Å². The molecule has 0 radical (unpaired) electrons. The summed E-state index contributed by atoms with van der Waals surface area (Å²) in [6.45, 7) is 1.89.